The zero-order chi connectivity index (χ0) is 14.4. The molecule has 1 N–H and O–H groups in total. The van der Waals surface area contributed by atoms with Crippen molar-refractivity contribution in [1.29, 1.82) is 0 Å². The van der Waals surface area contributed by atoms with E-state index < -0.39 is 10.8 Å². The standard InChI is InChI=1S/C12H14BrClN2O3/c1-8(4-3-7-13)15-12(17)11-9(14)5-2-6-10(11)16(18)19/h2,5-6,8H,3-4,7H2,1H3,(H,15,17). The van der Waals surface area contributed by atoms with Crippen molar-refractivity contribution in [2.75, 3.05) is 5.33 Å². The summed E-state index contributed by atoms with van der Waals surface area (Å²) >= 11 is 9.19. The lowest BCUT2D eigenvalue weighted by Crippen LogP contribution is -2.33. The number of rotatable bonds is 6. The summed E-state index contributed by atoms with van der Waals surface area (Å²) in [6.07, 6.45) is 1.70. The maximum atomic E-state index is 12.1. The second kappa shape index (κ2) is 7.45. The van der Waals surface area contributed by atoms with Gasteiger partial charge in [-0.25, -0.2) is 0 Å². The third kappa shape index (κ3) is 4.47. The van der Waals surface area contributed by atoms with Crippen LogP contribution in [0.1, 0.15) is 30.1 Å². The Labute approximate surface area is 124 Å². The van der Waals surface area contributed by atoms with Crippen LogP contribution in [0, 0.1) is 10.1 Å². The minimum Gasteiger partial charge on any atom is -0.349 e. The third-order valence-electron chi connectivity index (χ3n) is 2.56. The van der Waals surface area contributed by atoms with Gasteiger partial charge in [0.25, 0.3) is 11.6 Å². The van der Waals surface area contributed by atoms with Gasteiger partial charge < -0.3 is 5.32 Å². The monoisotopic (exact) mass is 348 g/mol. The number of hydrogen-bond donors (Lipinski definition) is 1. The van der Waals surface area contributed by atoms with Crippen LogP contribution < -0.4 is 5.32 Å². The fourth-order valence-corrected chi connectivity index (χ4v) is 2.22. The Bertz CT molecular complexity index is 482. The minimum atomic E-state index is -0.607. The molecule has 1 amide bonds. The van der Waals surface area contributed by atoms with Crippen LogP contribution in [-0.2, 0) is 0 Å². The average Bonchev–Trinajstić information content (AvgIpc) is 2.35. The first-order valence-electron chi connectivity index (χ1n) is 5.77. The number of nitrogens with one attached hydrogen (secondary N) is 1. The Balaban J connectivity index is 2.90. The number of amides is 1. The van der Waals surface area contributed by atoms with Gasteiger partial charge in [-0.05, 0) is 25.8 Å². The number of nitro benzene ring substituents is 1. The molecule has 0 aliphatic heterocycles. The zero-order valence-corrected chi connectivity index (χ0v) is 12.7. The van der Waals surface area contributed by atoms with Gasteiger partial charge in [0.1, 0.15) is 5.56 Å². The molecule has 0 heterocycles. The fraction of sp³-hybridized carbons (Fsp3) is 0.417. The molecule has 0 spiro atoms. The van der Waals surface area contributed by atoms with E-state index in [1.165, 1.54) is 18.2 Å². The molecule has 19 heavy (non-hydrogen) atoms. The van der Waals surface area contributed by atoms with Gasteiger partial charge >= 0.3 is 0 Å². The summed E-state index contributed by atoms with van der Waals surface area (Å²) in [7, 11) is 0. The molecule has 1 atom stereocenters. The predicted octanol–water partition coefficient (Wildman–Crippen LogP) is 3.54. The quantitative estimate of drug-likeness (QED) is 0.485. The number of carbonyl (C=O) groups excluding carboxylic acids is 1. The lowest BCUT2D eigenvalue weighted by atomic mass is 10.1. The van der Waals surface area contributed by atoms with E-state index in [0.717, 1.165) is 18.2 Å². The molecule has 7 heteroatoms. The van der Waals surface area contributed by atoms with Crippen molar-refractivity contribution in [1.82, 2.24) is 5.32 Å². The topological polar surface area (TPSA) is 72.2 Å². The van der Waals surface area contributed by atoms with Gasteiger partial charge in [0.05, 0.1) is 9.95 Å². The van der Waals surface area contributed by atoms with Crippen LogP contribution in [0.25, 0.3) is 0 Å². The van der Waals surface area contributed by atoms with Crippen LogP contribution in [-0.4, -0.2) is 22.2 Å². The number of nitro groups is 1. The Kier molecular flexibility index (Phi) is 6.24. The van der Waals surface area contributed by atoms with Crippen LogP contribution in [0.2, 0.25) is 5.02 Å². The molecule has 104 valence electrons. The van der Waals surface area contributed by atoms with Crippen molar-refractivity contribution in [2.45, 2.75) is 25.8 Å². The van der Waals surface area contributed by atoms with Gasteiger partial charge in [0.2, 0.25) is 0 Å². The predicted molar refractivity (Wildman–Crippen MR) is 78.1 cm³/mol. The summed E-state index contributed by atoms with van der Waals surface area (Å²) in [5.41, 5.74) is -0.363. The van der Waals surface area contributed by atoms with Crippen molar-refractivity contribution in [2.24, 2.45) is 0 Å². The Hall–Kier alpha value is -1.14. The number of alkyl halides is 1. The summed E-state index contributed by atoms with van der Waals surface area (Å²) in [6, 6.07) is 4.11. The summed E-state index contributed by atoms with van der Waals surface area (Å²) in [5.74, 6) is -0.514. The number of halogens is 2. The molecule has 0 bridgehead atoms. The molecule has 1 aromatic rings. The van der Waals surface area contributed by atoms with Crippen molar-refractivity contribution in [3.63, 3.8) is 0 Å². The molecule has 1 rings (SSSR count). The fourth-order valence-electron chi connectivity index (χ4n) is 1.64. The average molecular weight is 350 g/mol. The van der Waals surface area contributed by atoms with E-state index in [1.807, 2.05) is 6.92 Å². The van der Waals surface area contributed by atoms with E-state index >= 15 is 0 Å². The highest BCUT2D eigenvalue weighted by Crippen LogP contribution is 2.26. The van der Waals surface area contributed by atoms with Crippen molar-refractivity contribution in [3.8, 4) is 0 Å². The van der Waals surface area contributed by atoms with Gasteiger partial charge in [-0.2, -0.15) is 0 Å². The van der Waals surface area contributed by atoms with E-state index in [1.54, 1.807) is 0 Å². The van der Waals surface area contributed by atoms with E-state index in [9.17, 15) is 14.9 Å². The molecule has 1 aromatic carbocycles. The summed E-state index contributed by atoms with van der Waals surface area (Å²) in [4.78, 5) is 22.3. The Morgan fingerprint density at radius 1 is 1.58 bits per heavy atom. The van der Waals surface area contributed by atoms with E-state index in [-0.39, 0.29) is 22.3 Å². The maximum Gasteiger partial charge on any atom is 0.283 e. The molecule has 0 aromatic heterocycles. The number of carbonyl (C=O) groups is 1. The van der Waals surface area contributed by atoms with Gasteiger partial charge in [-0.15, -0.1) is 0 Å². The summed E-state index contributed by atoms with van der Waals surface area (Å²) in [6.45, 7) is 1.85. The molecule has 0 saturated carbocycles. The van der Waals surface area contributed by atoms with Crippen LogP contribution >= 0.6 is 27.5 Å². The van der Waals surface area contributed by atoms with E-state index in [2.05, 4.69) is 21.2 Å². The largest absolute Gasteiger partial charge is 0.349 e. The SMILES string of the molecule is CC(CCCBr)NC(=O)c1c(Cl)cccc1[N+](=O)[O-]. The van der Waals surface area contributed by atoms with Crippen LogP contribution in [0.5, 0.6) is 0 Å². The highest BCUT2D eigenvalue weighted by Gasteiger charge is 2.23. The van der Waals surface area contributed by atoms with Crippen molar-refractivity contribution in [3.05, 3.63) is 38.9 Å². The third-order valence-corrected chi connectivity index (χ3v) is 3.44. The van der Waals surface area contributed by atoms with Crippen LogP contribution in [0.15, 0.2) is 18.2 Å². The first-order chi connectivity index (χ1) is 8.97. The number of nitrogens with zero attached hydrogens (tertiary/aromatic N) is 1. The first kappa shape index (κ1) is 15.9. The van der Waals surface area contributed by atoms with E-state index in [0.29, 0.717) is 0 Å². The maximum absolute atomic E-state index is 12.1. The van der Waals surface area contributed by atoms with Crippen LogP contribution in [0.3, 0.4) is 0 Å². The number of hydrogen-bond acceptors (Lipinski definition) is 3. The highest BCUT2D eigenvalue weighted by molar-refractivity contribution is 9.09. The molecule has 0 aliphatic carbocycles. The summed E-state index contributed by atoms with van der Waals surface area (Å²) in [5, 5.41) is 14.5. The normalized spacial score (nSPS) is 11.9. The molecular weight excluding hydrogens is 336 g/mol. The smallest absolute Gasteiger partial charge is 0.283 e. The van der Waals surface area contributed by atoms with Gasteiger partial charge in [0, 0.05) is 17.4 Å². The summed E-state index contributed by atoms with van der Waals surface area (Å²) < 4.78 is 0. The second-order valence-corrected chi connectivity index (χ2v) is 5.30. The molecule has 0 radical (unpaired) electrons. The Morgan fingerprint density at radius 2 is 2.26 bits per heavy atom. The zero-order valence-electron chi connectivity index (χ0n) is 10.4. The van der Waals surface area contributed by atoms with Gasteiger partial charge in [-0.1, -0.05) is 33.6 Å². The van der Waals surface area contributed by atoms with Gasteiger partial charge in [0.15, 0.2) is 0 Å². The molecular formula is C12H14BrClN2O3. The highest BCUT2D eigenvalue weighted by atomic mass is 79.9. The molecule has 1 unspecified atom stereocenters. The Morgan fingerprint density at radius 3 is 2.84 bits per heavy atom. The second-order valence-electron chi connectivity index (χ2n) is 4.10. The number of benzene rings is 1. The molecule has 5 nitrogen and oxygen atoms in total. The molecule has 0 fully saturated rings. The first-order valence-corrected chi connectivity index (χ1v) is 7.27. The van der Waals surface area contributed by atoms with Crippen LogP contribution in [0.4, 0.5) is 5.69 Å². The van der Waals surface area contributed by atoms with Crippen molar-refractivity contribution >= 4 is 39.1 Å². The lowest BCUT2D eigenvalue weighted by Gasteiger charge is -2.13. The van der Waals surface area contributed by atoms with E-state index in [4.69, 9.17) is 11.6 Å². The minimum absolute atomic E-state index is 0.0686. The molecule has 0 aliphatic rings. The van der Waals surface area contributed by atoms with Gasteiger partial charge in [-0.3, -0.25) is 14.9 Å². The molecule has 0 saturated heterocycles. The lowest BCUT2D eigenvalue weighted by molar-refractivity contribution is -0.385. The van der Waals surface area contributed by atoms with Crippen molar-refractivity contribution < 1.29 is 9.72 Å².